The van der Waals surface area contributed by atoms with E-state index >= 15 is 0 Å². The van der Waals surface area contributed by atoms with Gasteiger partial charge in [-0.3, -0.25) is 4.79 Å². The summed E-state index contributed by atoms with van der Waals surface area (Å²) < 4.78 is 0. The molecule has 0 aliphatic carbocycles. The summed E-state index contributed by atoms with van der Waals surface area (Å²) in [7, 11) is 0. The molecule has 0 unspecified atom stereocenters. The molecular weight excluding hydrogens is 178 g/mol. The smallest absolute Gasteiger partial charge is 0.209 e. The van der Waals surface area contributed by atoms with Gasteiger partial charge in [0.2, 0.25) is 6.41 Å². The van der Waals surface area contributed by atoms with E-state index in [4.69, 9.17) is 0 Å². The molecule has 14 heavy (non-hydrogen) atoms. The van der Waals surface area contributed by atoms with Crippen LogP contribution in [0.1, 0.15) is 12.8 Å². The number of carbonyl (C=O) groups excluding carboxylic acids is 1. The van der Waals surface area contributed by atoms with E-state index in [1.54, 1.807) is 0 Å². The average Bonchev–Trinajstić information content (AvgIpc) is 2.71. The normalized spacial score (nSPS) is 29.4. The quantitative estimate of drug-likeness (QED) is 0.620. The number of piperazine rings is 1. The lowest BCUT2D eigenvalue weighted by molar-refractivity contribution is -0.119. The number of nitrogens with one attached hydrogen (secondary N) is 1. The van der Waals surface area contributed by atoms with Gasteiger partial charge < -0.3 is 15.1 Å². The highest BCUT2D eigenvalue weighted by Gasteiger charge is 2.21. The van der Waals surface area contributed by atoms with Crippen molar-refractivity contribution in [2.24, 2.45) is 0 Å². The summed E-state index contributed by atoms with van der Waals surface area (Å²) in [6.07, 6.45) is 3.64. The van der Waals surface area contributed by atoms with Gasteiger partial charge in [-0.2, -0.15) is 0 Å². The monoisotopic (exact) mass is 197 g/mol. The van der Waals surface area contributed by atoms with Gasteiger partial charge in [0.25, 0.3) is 0 Å². The van der Waals surface area contributed by atoms with Crippen LogP contribution < -0.4 is 5.32 Å². The molecule has 2 fully saturated rings. The van der Waals surface area contributed by atoms with E-state index in [0.29, 0.717) is 6.04 Å². The van der Waals surface area contributed by atoms with Crippen molar-refractivity contribution in [2.45, 2.75) is 18.9 Å². The van der Waals surface area contributed by atoms with Crippen LogP contribution in [0.15, 0.2) is 0 Å². The van der Waals surface area contributed by atoms with Crippen molar-refractivity contribution >= 4 is 6.41 Å². The van der Waals surface area contributed by atoms with E-state index in [-0.39, 0.29) is 0 Å². The Labute approximate surface area is 85.2 Å². The SMILES string of the molecule is O=CN1CCN[C@H](CN2CCCC2)C1. The van der Waals surface area contributed by atoms with Gasteiger partial charge in [-0.05, 0) is 25.9 Å². The largest absolute Gasteiger partial charge is 0.342 e. The third-order valence-corrected chi connectivity index (χ3v) is 3.11. The molecule has 0 aromatic heterocycles. The molecule has 2 saturated heterocycles. The molecule has 0 saturated carbocycles. The van der Waals surface area contributed by atoms with Crippen molar-refractivity contribution in [3.05, 3.63) is 0 Å². The van der Waals surface area contributed by atoms with E-state index in [1.807, 2.05) is 4.90 Å². The van der Waals surface area contributed by atoms with Gasteiger partial charge in [-0.1, -0.05) is 0 Å². The lowest BCUT2D eigenvalue weighted by atomic mass is 10.2. The number of carbonyl (C=O) groups is 1. The Morgan fingerprint density at radius 3 is 2.79 bits per heavy atom. The summed E-state index contributed by atoms with van der Waals surface area (Å²) in [6.45, 7) is 6.25. The van der Waals surface area contributed by atoms with Crippen LogP contribution in [0.4, 0.5) is 0 Å². The van der Waals surface area contributed by atoms with Crippen LogP contribution in [0, 0.1) is 0 Å². The minimum Gasteiger partial charge on any atom is -0.342 e. The second kappa shape index (κ2) is 4.75. The molecule has 0 spiro atoms. The summed E-state index contributed by atoms with van der Waals surface area (Å²) in [4.78, 5) is 15.0. The standard InChI is InChI=1S/C10H19N3O/c14-9-13-6-3-11-10(8-13)7-12-4-1-2-5-12/h9-11H,1-8H2/t10-/m1/s1. The van der Waals surface area contributed by atoms with Crippen LogP contribution >= 0.6 is 0 Å². The van der Waals surface area contributed by atoms with Crippen molar-refractivity contribution in [3.8, 4) is 0 Å². The molecule has 0 radical (unpaired) electrons. The minimum absolute atomic E-state index is 0.479. The highest BCUT2D eigenvalue weighted by Crippen LogP contribution is 2.08. The minimum atomic E-state index is 0.479. The first-order valence-corrected chi connectivity index (χ1v) is 5.53. The zero-order valence-corrected chi connectivity index (χ0v) is 8.61. The molecule has 2 rings (SSSR count). The molecule has 2 aliphatic heterocycles. The van der Waals surface area contributed by atoms with E-state index < -0.39 is 0 Å². The Morgan fingerprint density at radius 1 is 1.29 bits per heavy atom. The molecule has 4 nitrogen and oxygen atoms in total. The summed E-state index contributed by atoms with van der Waals surface area (Å²) in [5.41, 5.74) is 0. The summed E-state index contributed by atoms with van der Waals surface area (Å²) >= 11 is 0. The molecular formula is C10H19N3O. The third-order valence-electron chi connectivity index (χ3n) is 3.11. The zero-order valence-electron chi connectivity index (χ0n) is 8.61. The Balaban J connectivity index is 1.76. The van der Waals surface area contributed by atoms with Crippen molar-refractivity contribution in [3.63, 3.8) is 0 Å². The first-order valence-electron chi connectivity index (χ1n) is 5.53. The second-order valence-electron chi connectivity index (χ2n) is 4.26. The number of hydrogen-bond donors (Lipinski definition) is 1. The average molecular weight is 197 g/mol. The topological polar surface area (TPSA) is 35.6 Å². The molecule has 0 aromatic rings. The van der Waals surface area contributed by atoms with Crippen molar-refractivity contribution in [1.29, 1.82) is 0 Å². The van der Waals surface area contributed by atoms with Crippen molar-refractivity contribution < 1.29 is 4.79 Å². The second-order valence-corrected chi connectivity index (χ2v) is 4.26. The van der Waals surface area contributed by atoms with Crippen molar-refractivity contribution in [2.75, 3.05) is 39.3 Å². The van der Waals surface area contributed by atoms with Gasteiger partial charge >= 0.3 is 0 Å². The number of nitrogens with zero attached hydrogens (tertiary/aromatic N) is 2. The fraction of sp³-hybridized carbons (Fsp3) is 0.900. The van der Waals surface area contributed by atoms with Gasteiger partial charge in [0, 0.05) is 32.2 Å². The maximum Gasteiger partial charge on any atom is 0.209 e. The lowest BCUT2D eigenvalue weighted by Crippen LogP contribution is -2.54. The molecule has 1 amide bonds. The molecule has 2 heterocycles. The molecule has 1 atom stereocenters. The number of rotatable bonds is 3. The van der Waals surface area contributed by atoms with Crippen LogP contribution in [0.2, 0.25) is 0 Å². The van der Waals surface area contributed by atoms with Crippen LogP contribution in [-0.4, -0.2) is 61.5 Å². The predicted molar refractivity (Wildman–Crippen MR) is 55.1 cm³/mol. The van der Waals surface area contributed by atoms with Gasteiger partial charge in [-0.25, -0.2) is 0 Å². The predicted octanol–water partition coefficient (Wildman–Crippen LogP) is -0.488. The highest BCUT2D eigenvalue weighted by atomic mass is 16.1. The zero-order chi connectivity index (χ0) is 9.80. The van der Waals surface area contributed by atoms with E-state index in [2.05, 4.69) is 10.2 Å². The van der Waals surface area contributed by atoms with E-state index in [0.717, 1.165) is 32.6 Å². The Hall–Kier alpha value is -0.610. The van der Waals surface area contributed by atoms with Crippen LogP contribution in [0.3, 0.4) is 0 Å². The molecule has 2 aliphatic rings. The van der Waals surface area contributed by atoms with E-state index in [9.17, 15) is 4.79 Å². The summed E-state index contributed by atoms with van der Waals surface area (Å²) in [5, 5.41) is 3.47. The maximum atomic E-state index is 10.6. The molecule has 1 N–H and O–H groups in total. The summed E-state index contributed by atoms with van der Waals surface area (Å²) in [5.74, 6) is 0. The van der Waals surface area contributed by atoms with Crippen molar-refractivity contribution in [1.82, 2.24) is 15.1 Å². The highest BCUT2D eigenvalue weighted by molar-refractivity contribution is 5.47. The molecule has 80 valence electrons. The fourth-order valence-corrected chi connectivity index (χ4v) is 2.35. The van der Waals surface area contributed by atoms with Gasteiger partial charge in [0.1, 0.15) is 0 Å². The first-order chi connectivity index (χ1) is 6.88. The number of hydrogen-bond acceptors (Lipinski definition) is 3. The Kier molecular flexibility index (Phi) is 3.37. The van der Waals surface area contributed by atoms with Gasteiger partial charge in [-0.15, -0.1) is 0 Å². The van der Waals surface area contributed by atoms with Crippen LogP contribution in [0.5, 0.6) is 0 Å². The lowest BCUT2D eigenvalue weighted by Gasteiger charge is -2.33. The number of likely N-dealkylation sites (tertiary alicyclic amines) is 1. The third kappa shape index (κ3) is 2.45. The maximum absolute atomic E-state index is 10.6. The van der Waals surface area contributed by atoms with Gasteiger partial charge in [0.05, 0.1) is 0 Å². The molecule has 0 bridgehead atoms. The van der Waals surface area contributed by atoms with Gasteiger partial charge in [0.15, 0.2) is 0 Å². The van der Waals surface area contributed by atoms with Crippen LogP contribution in [-0.2, 0) is 4.79 Å². The van der Waals surface area contributed by atoms with E-state index in [1.165, 1.54) is 25.9 Å². The first kappa shape index (κ1) is 9.93. The number of amides is 1. The molecule has 4 heteroatoms. The van der Waals surface area contributed by atoms with Crippen LogP contribution in [0.25, 0.3) is 0 Å². The Morgan fingerprint density at radius 2 is 2.07 bits per heavy atom. The summed E-state index contributed by atoms with van der Waals surface area (Å²) in [6, 6.07) is 0.479. The molecule has 0 aromatic carbocycles. The fourth-order valence-electron chi connectivity index (χ4n) is 2.35. The Bertz CT molecular complexity index is 192.